The minimum atomic E-state index is -1.76. The van der Waals surface area contributed by atoms with Gasteiger partial charge in [0.15, 0.2) is 11.2 Å². The van der Waals surface area contributed by atoms with Crippen LogP contribution in [0.25, 0.3) is 0 Å². The fourth-order valence-corrected chi connectivity index (χ4v) is 2.94. The molecule has 8 heteroatoms. The van der Waals surface area contributed by atoms with E-state index in [9.17, 15) is 13.4 Å². The number of halogens is 2. The second-order valence-corrected chi connectivity index (χ2v) is 9.45. The minimum Gasteiger partial charge on any atom is -0.488 e. The molecule has 0 spiro atoms. The number of rotatable bonds is 9. The molecule has 1 aromatic carbocycles. The van der Waals surface area contributed by atoms with Crippen LogP contribution >= 0.6 is 11.6 Å². The van der Waals surface area contributed by atoms with Gasteiger partial charge in [-0.05, 0) is 30.2 Å². The van der Waals surface area contributed by atoms with E-state index in [1.54, 1.807) is 0 Å². The summed E-state index contributed by atoms with van der Waals surface area (Å²) in [7, 11) is 3.06. The van der Waals surface area contributed by atoms with Crippen molar-refractivity contribution in [1.82, 2.24) is 9.03 Å². The van der Waals surface area contributed by atoms with Crippen molar-refractivity contribution in [3.63, 3.8) is 0 Å². The average molecular weight is 421 g/mol. The van der Waals surface area contributed by atoms with E-state index >= 15 is 0 Å². The highest BCUT2D eigenvalue weighted by Gasteiger charge is 2.24. The molecule has 1 aromatic rings. The third-order valence-corrected chi connectivity index (χ3v) is 5.86. The first-order valence-electron chi connectivity index (χ1n) is 8.99. The molecule has 5 nitrogen and oxygen atoms in total. The molecular weight excluding hydrogens is 391 g/mol. The fourth-order valence-electron chi connectivity index (χ4n) is 2.28. The lowest BCUT2D eigenvalue weighted by molar-refractivity contribution is 0.0976. The number of carbonyl (C=O) groups excluding carboxylic acids is 1. The molecule has 0 fully saturated rings. The van der Waals surface area contributed by atoms with Gasteiger partial charge in [-0.2, -0.15) is 0 Å². The fraction of sp³-hybridized carbons (Fsp3) is 0.632. The number of nitrogens with zero attached hydrogens (tertiary/aromatic N) is 1. The van der Waals surface area contributed by atoms with Crippen LogP contribution in [0.15, 0.2) is 12.1 Å². The van der Waals surface area contributed by atoms with Gasteiger partial charge in [0.05, 0.1) is 10.6 Å². The molecule has 0 radical (unpaired) electrons. The van der Waals surface area contributed by atoms with E-state index in [2.05, 4.69) is 25.5 Å². The molecule has 0 aliphatic carbocycles. The Hall–Kier alpha value is -1.18. The van der Waals surface area contributed by atoms with Gasteiger partial charge < -0.3 is 4.74 Å². The second kappa shape index (κ2) is 10.4. The smallest absolute Gasteiger partial charge is 0.266 e. The summed E-state index contributed by atoms with van der Waals surface area (Å²) >= 11 is 4.48. The van der Waals surface area contributed by atoms with Crippen LogP contribution in [0.2, 0.25) is 5.02 Å². The summed E-state index contributed by atoms with van der Waals surface area (Å²) in [6.45, 7) is 10.5. The van der Waals surface area contributed by atoms with Gasteiger partial charge in [-0.1, -0.05) is 46.2 Å². The SMILES string of the molecule is CC(C)[C@@H](C)C[C@@H](Oc1cc(F)c(C(=O)NS(=O)N(C)C)cc1Cl)C(C)C. The summed E-state index contributed by atoms with van der Waals surface area (Å²) < 4.78 is 35.6. The van der Waals surface area contributed by atoms with Crippen LogP contribution in [0.1, 0.15) is 51.4 Å². The molecule has 3 atom stereocenters. The molecule has 1 unspecified atom stereocenters. The zero-order valence-electron chi connectivity index (χ0n) is 17.0. The summed E-state index contributed by atoms with van der Waals surface area (Å²) in [5.41, 5.74) is -0.279. The Labute approximate surface area is 169 Å². The molecule has 0 heterocycles. The van der Waals surface area contributed by atoms with E-state index in [0.29, 0.717) is 11.8 Å². The number of ether oxygens (including phenoxy) is 1. The van der Waals surface area contributed by atoms with Gasteiger partial charge in [-0.15, -0.1) is 0 Å². The topological polar surface area (TPSA) is 58.6 Å². The summed E-state index contributed by atoms with van der Waals surface area (Å²) in [4.78, 5) is 12.1. The standard InChI is InChI=1S/C19H30ClFN2O3S/c1-11(2)13(5)8-17(12(3)4)26-18-10-16(21)14(9-15(18)20)19(24)22-27(25)23(6)7/h9-13,17H,8H2,1-7H3,(H,22,24)/t13-,17+,27?/m0/s1. The maximum absolute atomic E-state index is 14.5. The molecule has 27 heavy (non-hydrogen) atoms. The summed E-state index contributed by atoms with van der Waals surface area (Å²) in [5.74, 6) is -0.216. The van der Waals surface area contributed by atoms with Gasteiger partial charge in [0.1, 0.15) is 17.7 Å². The Kier molecular flexibility index (Phi) is 9.18. The van der Waals surface area contributed by atoms with Gasteiger partial charge in [-0.25, -0.2) is 12.9 Å². The number of amides is 1. The number of benzene rings is 1. The Morgan fingerprint density at radius 1 is 1.22 bits per heavy atom. The highest BCUT2D eigenvalue weighted by Crippen LogP contribution is 2.32. The van der Waals surface area contributed by atoms with Crippen LogP contribution in [0, 0.1) is 23.6 Å². The Balaban J connectivity index is 3.02. The zero-order chi connectivity index (χ0) is 20.9. The molecule has 0 bridgehead atoms. The number of hydrogen-bond acceptors (Lipinski definition) is 3. The normalized spacial score (nSPS) is 15.1. The maximum atomic E-state index is 14.5. The van der Waals surface area contributed by atoms with Crippen LogP contribution in [-0.2, 0) is 11.2 Å². The van der Waals surface area contributed by atoms with Crippen LogP contribution in [0.4, 0.5) is 4.39 Å². The van der Waals surface area contributed by atoms with Crippen molar-refractivity contribution in [3.05, 3.63) is 28.5 Å². The molecular formula is C19H30ClFN2O3S. The first-order valence-corrected chi connectivity index (χ1v) is 10.5. The molecule has 0 aliphatic heterocycles. The van der Waals surface area contributed by atoms with E-state index in [0.717, 1.165) is 12.5 Å². The Morgan fingerprint density at radius 3 is 2.30 bits per heavy atom. The second-order valence-electron chi connectivity index (χ2n) is 7.61. The zero-order valence-corrected chi connectivity index (χ0v) is 18.6. The largest absolute Gasteiger partial charge is 0.488 e. The van der Waals surface area contributed by atoms with Crippen LogP contribution < -0.4 is 9.46 Å². The molecule has 0 saturated heterocycles. The summed E-state index contributed by atoms with van der Waals surface area (Å²) in [6, 6.07) is 2.32. The Bertz CT molecular complexity index is 683. The first-order chi connectivity index (χ1) is 12.4. The van der Waals surface area contributed by atoms with Gasteiger partial charge >= 0.3 is 0 Å². The number of hydrogen-bond donors (Lipinski definition) is 1. The van der Waals surface area contributed by atoms with Crippen molar-refractivity contribution < 1.29 is 18.1 Å². The minimum absolute atomic E-state index is 0.125. The summed E-state index contributed by atoms with van der Waals surface area (Å²) in [6.07, 6.45) is 0.692. The van der Waals surface area contributed by atoms with Crippen molar-refractivity contribution in [1.29, 1.82) is 0 Å². The number of nitrogens with one attached hydrogen (secondary N) is 1. The van der Waals surface area contributed by atoms with Crippen LogP contribution in [0.5, 0.6) is 5.75 Å². The van der Waals surface area contributed by atoms with Gasteiger partial charge in [0, 0.05) is 20.2 Å². The quantitative estimate of drug-likeness (QED) is 0.642. The predicted octanol–water partition coefficient (Wildman–Crippen LogP) is 4.43. The highest BCUT2D eigenvalue weighted by atomic mass is 35.5. The monoisotopic (exact) mass is 420 g/mol. The predicted molar refractivity (Wildman–Crippen MR) is 109 cm³/mol. The lowest BCUT2D eigenvalue weighted by Crippen LogP contribution is -2.34. The highest BCUT2D eigenvalue weighted by molar-refractivity contribution is 7.81. The molecule has 0 aromatic heterocycles. The molecule has 1 N–H and O–H groups in total. The first kappa shape index (κ1) is 23.9. The van der Waals surface area contributed by atoms with Crippen molar-refractivity contribution >= 4 is 28.7 Å². The van der Waals surface area contributed by atoms with Gasteiger partial charge in [0.2, 0.25) is 0 Å². The lowest BCUT2D eigenvalue weighted by atomic mass is 9.88. The summed E-state index contributed by atoms with van der Waals surface area (Å²) in [5, 5.41) is 0.139. The van der Waals surface area contributed by atoms with Crippen LogP contribution in [0.3, 0.4) is 0 Å². The molecule has 154 valence electrons. The molecule has 1 rings (SSSR count). The van der Waals surface area contributed by atoms with E-state index in [1.165, 1.54) is 24.5 Å². The molecule has 1 amide bonds. The van der Waals surface area contributed by atoms with E-state index in [-0.39, 0.29) is 28.4 Å². The van der Waals surface area contributed by atoms with Gasteiger partial charge in [-0.3, -0.25) is 9.52 Å². The maximum Gasteiger partial charge on any atom is 0.266 e. The molecule has 0 saturated carbocycles. The average Bonchev–Trinajstić information content (AvgIpc) is 2.56. The van der Waals surface area contributed by atoms with Crippen LogP contribution in [-0.4, -0.2) is 34.6 Å². The van der Waals surface area contributed by atoms with E-state index in [1.807, 2.05) is 13.8 Å². The third-order valence-electron chi connectivity index (χ3n) is 4.54. The van der Waals surface area contributed by atoms with E-state index < -0.39 is 22.9 Å². The van der Waals surface area contributed by atoms with Crippen molar-refractivity contribution in [2.24, 2.45) is 17.8 Å². The van der Waals surface area contributed by atoms with Gasteiger partial charge in [0.25, 0.3) is 5.91 Å². The van der Waals surface area contributed by atoms with Crippen molar-refractivity contribution in [3.8, 4) is 5.75 Å². The molecule has 0 aliphatic rings. The number of carbonyl (C=O) groups is 1. The van der Waals surface area contributed by atoms with E-state index in [4.69, 9.17) is 16.3 Å². The Morgan fingerprint density at radius 2 is 1.81 bits per heavy atom. The van der Waals surface area contributed by atoms with Crippen molar-refractivity contribution in [2.45, 2.75) is 47.1 Å². The van der Waals surface area contributed by atoms with Crippen molar-refractivity contribution in [2.75, 3.05) is 14.1 Å². The third kappa shape index (κ3) is 7.05. The lowest BCUT2D eigenvalue weighted by Gasteiger charge is -2.27.